The summed E-state index contributed by atoms with van der Waals surface area (Å²) in [5.41, 5.74) is 6.04. The van der Waals surface area contributed by atoms with Gasteiger partial charge in [-0.3, -0.25) is 19.8 Å². The first kappa shape index (κ1) is 18.7. The largest absolute Gasteiger partial charge is 0.481 e. The van der Waals surface area contributed by atoms with E-state index in [4.69, 9.17) is 4.74 Å². The fourth-order valence-electron chi connectivity index (χ4n) is 5.25. The number of imide groups is 1. The third kappa shape index (κ3) is 2.82. The molecule has 6 nitrogen and oxygen atoms in total. The van der Waals surface area contributed by atoms with Crippen LogP contribution in [0.15, 0.2) is 35.4 Å². The Bertz CT molecular complexity index is 854. The first-order valence-corrected chi connectivity index (χ1v) is 9.88. The van der Waals surface area contributed by atoms with Crippen LogP contribution in [0.5, 0.6) is 5.75 Å². The Morgan fingerprint density at radius 1 is 1.14 bits per heavy atom. The Morgan fingerprint density at radius 2 is 1.75 bits per heavy atom. The number of hydrogen-bond donors (Lipinski definition) is 1. The number of carbonyl (C=O) groups is 3. The second-order valence-electron chi connectivity index (χ2n) is 8.36. The van der Waals surface area contributed by atoms with E-state index < -0.39 is 12.0 Å². The Morgan fingerprint density at radius 3 is 2.29 bits per heavy atom. The van der Waals surface area contributed by atoms with E-state index >= 15 is 0 Å². The topological polar surface area (TPSA) is 75.7 Å². The average molecular weight is 382 g/mol. The number of fused-ring (bicyclic) bond motifs is 5. The zero-order valence-electron chi connectivity index (χ0n) is 16.7. The van der Waals surface area contributed by atoms with Gasteiger partial charge in [-0.05, 0) is 70.1 Å². The van der Waals surface area contributed by atoms with E-state index in [9.17, 15) is 14.4 Å². The summed E-state index contributed by atoms with van der Waals surface area (Å²) in [5.74, 6) is -0.871. The molecular weight excluding hydrogens is 356 g/mol. The summed E-state index contributed by atoms with van der Waals surface area (Å²) >= 11 is 0. The maximum atomic E-state index is 12.9. The van der Waals surface area contributed by atoms with Gasteiger partial charge in [-0.25, -0.2) is 0 Å². The minimum absolute atomic E-state index is 0.138. The van der Waals surface area contributed by atoms with E-state index in [1.165, 1.54) is 11.1 Å². The van der Waals surface area contributed by atoms with Gasteiger partial charge in [0.1, 0.15) is 5.75 Å². The standard InChI is InChI=1S/C22H26N2O4/c1-11(2)17-15-8-9-16(17)19-18(15)21(26)24(22(19)27)23-20(25)13(4)28-14-7-5-6-12(3)10-14/h5-7,10,13,15-16,18-19H,8-9H2,1-4H3,(H,23,25)/t13-,15-,16-,18+,19+/m1/s1. The molecule has 1 heterocycles. The number of benzene rings is 1. The van der Waals surface area contributed by atoms with Crippen LogP contribution in [0, 0.1) is 30.6 Å². The predicted molar refractivity (Wildman–Crippen MR) is 103 cm³/mol. The van der Waals surface area contributed by atoms with E-state index in [-0.39, 0.29) is 35.5 Å². The van der Waals surface area contributed by atoms with Gasteiger partial charge in [0.15, 0.2) is 6.10 Å². The van der Waals surface area contributed by atoms with Crippen molar-refractivity contribution >= 4 is 17.7 Å². The third-order valence-corrected chi connectivity index (χ3v) is 6.32. The SMILES string of the molecule is CC(C)=C1[C@H]2CC[C@H]1[C@@H]1C(=O)N(NC(=O)[C@@H](C)Oc3cccc(C)c3)C(=O)[C@H]12. The van der Waals surface area contributed by atoms with Crippen LogP contribution in [0.3, 0.4) is 0 Å². The summed E-state index contributed by atoms with van der Waals surface area (Å²) < 4.78 is 5.67. The van der Waals surface area contributed by atoms with E-state index in [0.717, 1.165) is 23.4 Å². The van der Waals surface area contributed by atoms with Crippen LogP contribution in [-0.4, -0.2) is 28.8 Å². The highest BCUT2D eigenvalue weighted by molar-refractivity contribution is 6.07. The number of carbonyl (C=O) groups excluding carboxylic acids is 3. The Hall–Kier alpha value is -2.63. The molecule has 1 saturated heterocycles. The lowest BCUT2D eigenvalue weighted by Gasteiger charge is -2.22. The van der Waals surface area contributed by atoms with Crippen molar-refractivity contribution in [2.75, 3.05) is 0 Å². The second-order valence-corrected chi connectivity index (χ2v) is 8.36. The van der Waals surface area contributed by atoms with Crippen LogP contribution in [0.4, 0.5) is 0 Å². The highest BCUT2D eigenvalue weighted by Gasteiger charge is 2.63. The number of ether oxygens (including phenoxy) is 1. The monoisotopic (exact) mass is 382 g/mol. The molecule has 1 aliphatic heterocycles. The van der Waals surface area contributed by atoms with Gasteiger partial charge in [-0.1, -0.05) is 23.3 Å². The molecule has 0 aromatic heterocycles. The van der Waals surface area contributed by atoms with Crippen molar-refractivity contribution in [1.29, 1.82) is 0 Å². The number of amides is 3. The van der Waals surface area contributed by atoms with Crippen LogP contribution in [-0.2, 0) is 14.4 Å². The van der Waals surface area contributed by atoms with Gasteiger partial charge in [-0.2, -0.15) is 5.01 Å². The lowest BCUT2D eigenvalue weighted by molar-refractivity contribution is -0.151. The zero-order chi connectivity index (χ0) is 20.2. The summed E-state index contributed by atoms with van der Waals surface area (Å²) in [4.78, 5) is 38.4. The summed E-state index contributed by atoms with van der Waals surface area (Å²) in [6, 6.07) is 7.39. The molecule has 2 saturated carbocycles. The van der Waals surface area contributed by atoms with Gasteiger partial charge in [0.25, 0.3) is 17.7 Å². The van der Waals surface area contributed by atoms with Crippen LogP contribution < -0.4 is 10.2 Å². The molecule has 1 aromatic rings. The molecule has 3 amide bonds. The van der Waals surface area contributed by atoms with Crippen LogP contribution >= 0.6 is 0 Å². The molecule has 2 aliphatic carbocycles. The maximum absolute atomic E-state index is 12.9. The fraction of sp³-hybridized carbons (Fsp3) is 0.500. The van der Waals surface area contributed by atoms with Crippen LogP contribution in [0.2, 0.25) is 0 Å². The van der Waals surface area contributed by atoms with E-state index in [2.05, 4.69) is 19.3 Å². The highest BCUT2D eigenvalue weighted by atomic mass is 16.5. The first-order chi connectivity index (χ1) is 13.3. The van der Waals surface area contributed by atoms with Crippen molar-refractivity contribution in [3.63, 3.8) is 0 Å². The first-order valence-electron chi connectivity index (χ1n) is 9.88. The Balaban J connectivity index is 1.47. The van der Waals surface area contributed by atoms with Crippen molar-refractivity contribution in [3.8, 4) is 5.75 Å². The van der Waals surface area contributed by atoms with Crippen molar-refractivity contribution in [2.24, 2.45) is 23.7 Å². The summed E-state index contributed by atoms with van der Waals surface area (Å²) in [7, 11) is 0. The summed E-state index contributed by atoms with van der Waals surface area (Å²) in [6.07, 6.45) is 1.06. The zero-order valence-corrected chi connectivity index (χ0v) is 16.7. The quantitative estimate of drug-likeness (QED) is 0.642. The third-order valence-electron chi connectivity index (χ3n) is 6.32. The molecule has 2 bridgehead atoms. The molecule has 3 fully saturated rings. The molecule has 0 unspecified atom stereocenters. The minimum Gasteiger partial charge on any atom is -0.481 e. The van der Waals surface area contributed by atoms with E-state index in [1.54, 1.807) is 13.0 Å². The molecule has 0 radical (unpaired) electrons. The van der Waals surface area contributed by atoms with E-state index in [1.807, 2.05) is 25.1 Å². The molecule has 0 spiro atoms. The number of hydrazine groups is 1. The average Bonchev–Trinajstić information content (AvgIpc) is 3.27. The normalized spacial score (nSPS) is 29.1. The Kier molecular flexibility index (Phi) is 4.52. The molecule has 1 N–H and O–H groups in total. The second kappa shape index (κ2) is 6.76. The van der Waals surface area contributed by atoms with E-state index in [0.29, 0.717) is 5.75 Å². The van der Waals surface area contributed by atoms with Crippen LogP contribution in [0.25, 0.3) is 0 Å². The van der Waals surface area contributed by atoms with Crippen LogP contribution in [0.1, 0.15) is 39.2 Å². The molecule has 5 atom stereocenters. The minimum atomic E-state index is -0.826. The van der Waals surface area contributed by atoms with Crippen molar-refractivity contribution in [3.05, 3.63) is 41.0 Å². The number of hydrogen-bond acceptors (Lipinski definition) is 4. The van der Waals surface area contributed by atoms with Gasteiger partial charge >= 0.3 is 0 Å². The summed E-state index contributed by atoms with van der Waals surface area (Å²) in [6.45, 7) is 7.66. The lowest BCUT2D eigenvalue weighted by atomic mass is 9.81. The fourth-order valence-corrected chi connectivity index (χ4v) is 5.25. The van der Waals surface area contributed by atoms with Gasteiger partial charge < -0.3 is 4.74 Å². The molecule has 3 aliphatic rings. The van der Waals surface area contributed by atoms with Gasteiger partial charge in [0.2, 0.25) is 0 Å². The van der Waals surface area contributed by atoms with Crippen molar-refractivity contribution in [2.45, 2.75) is 46.6 Å². The number of allylic oxidation sites excluding steroid dienone is 2. The van der Waals surface area contributed by atoms with Gasteiger partial charge in [-0.15, -0.1) is 0 Å². The predicted octanol–water partition coefficient (Wildman–Crippen LogP) is 2.77. The van der Waals surface area contributed by atoms with Gasteiger partial charge in [0.05, 0.1) is 11.8 Å². The van der Waals surface area contributed by atoms with Gasteiger partial charge in [0, 0.05) is 0 Å². The smallest absolute Gasteiger partial charge is 0.279 e. The number of aryl methyl sites for hydroxylation is 1. The van der Waals surface area contributed by atoms with Crippen molar-refractivity contribution in [1.82, 2.24) is 10.4 Å². The molecule has 28 heavy (non-hydrogen) atoms. The number of nitrogens with one attached hydrogen (secondary N) is 1. The molecular formula is C22H26N2O4. The number of nitrogens with zero attached hydrogens (tertiary/aromatic N) is 1. The molecule has 4 rings (SSSR count). The summed E-state index contributed by atoms with van der Waals surface area (Å²) in [5, 5.41) is 0.945. The van der Waals surface area contributed by atoms with Crippen molar-refractivity contribution < 1.29 is 19.1 Å². The molecule has 1 aromatic carbocycles. The number of rotatable bonds is 4. The highest BCUT2D eigenvalue weighted by Crippen LogP contribution is 2.59. The molecule has 6 heteroatoms. The lowest BCUT2D eigenvalue weighted by Crippen LogP contribution is -2.51. The maximum Gasteiger partial charge on any atom is 0.279 e. The molecule has 148 valence electrons. The Labute approximate surface area is 164 Å².